The molecule has 0 N–H and O–H groups in total. The Morgan fingerprint density at radius 3 is 1.77 bits per heavy atom. The molecule has 0 radical (unpaired) electrons. The fourth-order valence-corrected chi connectivity index (χ4v) is 8.96. The zero-order valence-electron chi connectivity index (χ0n) is 28.8. The van der Waals surface area contributed by atoms with Crippen LogP contribution in [-0.2, 0) is 7.05 Å². The van der Waals surface area contributed by atoms with Crippen LogP contribution in [0.2, 0.25) is 0 Å². The predicted molar refractivity (Wildman–Crippen MR) is 218 cm³/mol. The Labute approximate surface area is 302 Å². The zero-order valence-corrected chi connectivity index (χ0v) is 28.8. The molecule has 1 atom stereocenters. The molecule has 0 saturated carbocycles. The van der Waals surface area contributed by atoms with Crippen molar-refractivity contribution in [3.63, 3.8) is 0 Å². The molecular formula is C50H34N2. The van der Waals surface area contributed by atoms with Gasteiger partial charge in [0.05, 0.1) is 11.0 Å². The second-order valence-corrected chi connectivity index (χ2v) is 14.2. The van der Waals surface area contributed by atoms with Crippen LogP contribution >= 0.6 is 0 Å². The Bertz CT molecular complexity index is 3020. The molecule has 0 fully saturated rings. The number of aromatic nitrogens is 2. The highest BCUT2D eigenvalue weighted by Crippen LogP contribution is 2.49. The molecule has 244 valence electrons. The molecule has 2 heterocycles. The minimum Gasteiger partial charge on any atom is -0.344 e. The Hall–Kier alpha value is -6.64. The topological polar surface area (TPSA) is 9.86 Å². The molecule has 0 bridgehead atoms. The van der Waals surface area contributed by atoms with Gasteiger partial charge in [-0.05, 0) is 98.6 Å². The minimum atomic E-state index is 0.263. The number of rotatable bonds is 4. The number of aryl methyl sites for hydroxylation is 1. The molecule has 52 heavy (non-hydrogen) atoms. The largest absolute Gasteiger partial charge is 0.344 e. The lowest BCUT2D eigenvalue weighted by Crippen LogP contribution is -1.98. The van der Waals surface area contributed by atoms with Crippen LogP contribution in [-0.4, -0.2) is 9.13 Å². The first kappa shape index (κ1) is 29.1. The molecule has 0 aliphatic heterocycles. The van der Waals surface area contributed by atoms with Crippen LogP contribution in [0.4, 0.5) is 0 Å². The number of para-hydroxylation sites is 2. The van der Waals surface area contributed by atoms with E-state index in [9.17, 15) is 0 Å². The average molecular weight is 663 g/mol. The van der Waals surface area contributed by atoms with E-state index in [1.54, 1.807) is 0 Å². The highest BCUT2D eigenvalue weighted by molar-refractivity contribution is 6.12. The van der Waals surface area contributed by atoms with E-state index in [0.29, 0.717) is 0 Å². The van der Waals surface area contributed by atoms with E-state index in [2.05, 4.69) is 198 Å². The second-order valence-electron chi connectivity index (χ2n) is 14.2. The van der Waals surface area contributed by atoms with Crippen molar-refractivity contribution in [1.82, 2.24) is 9.13 Å². The highest BCUT2D eigenvalue weighted by atomic mass is 15.0. The van der Waals surface area contributed by atoms with Crippen molar-refractivity contribution < 1.29 is 0 Å². The van der Waals surface area contributed by atoms with Crippen LogP contribution in [0.15, 0.2) is 182 Å². The summed E-state index contributed by atoms with van der Waals surface area (Å²) in [7, 11) is 2.20. The van der Waals surface area contributed by atoms with E-state index in [4.69, 9.17) is 0 Å². The van der Waals surface area contributed by atoms with Crippen molar-refractivity contribution >= 4 is 43.6 Å². The van der Waals surface area contributed by atoms with Gasteiger partial charge in [-0.25, -0.2) is 0 Å². The minimum absolute atomic E-state index is 0.263. The lowest BCUT2D eigenvalue weighted by atomic mass is 9.89. The van der Waals surface area contributed by atoms with Gasteiger partial charge in [-0.2, -0.15) is 0 Å². The maximum Gasteiger partial charge on any atom is 0.0547 e. The van der Waals surface area contributed by atoms with E-state index in [1.165, 1.54) is 99.4 Å². The molecule has 2 aromatic heterocycles. The van der Waals surface area contributed by atoms with Crippen molar-refractivity contribution in [2.75, 3.05) is 0 Å². The quantitative estimate of drug-likeness (QED) is 0.177. The van der Waals surface area contributed by atoms with E-state index in [-0.39, 0.29) is 5.92 Å². The van der Waals surface area contributed by atoms with Crippen molar-refractivity contribution in [3.05, 3.63) is 199 Å². The number of hydrogen-bond acceptors (Lipinski definition) is 0. The molecule has 2 heteroatoms. The summed E-state index contributed by atoms with van der Waals surface area (Å²) in [6.45, 7) is 0. The van der Waals surface area contributed by atoms with Gasteiger partial charge >= 0.3 is 0 Å². The summed E-state index contributed by atoms with van der Waals surface area (Å²) in [4.78, 5) is 0. The molecule has 2 nitrogen and oxygen atoms in total. The SMILES string of the molecule is Cn1c2ccc(-c3ccc4c(c3)-c3ccccc3C4c3ccccc3)cc2c2ccc(-c3ccc4c5ccccc5n(-c5ccccc5)c4c3)cc21. The standard InChI is InChI=1S/C50H34N2/c1-51-46-27-23-34(33-22-26-43-44(28-33)38-16-8-9-18-42(38)50(43)32-12-4-2-5-13-32)29-45(46)41-25-21-35(30-48(41)51)36-20-24-40-39-17-10-11-19-47(39)52(49(40)31-36)37-14-6-3-7-15-37/h2-31,50H,1H3. The van der Waals surface area contributed by atoms with Crippen molar-refractivity contribution in [2.45, 2.75) is 5.92 Å². The van der Waals surface area contributed by atoms with Crippen LogP contribution in [0, 0.1) is 0 Å². The van der Waals surface area contributed by atoms with Gasteiger partial charge in [-0.1, -0.05) is 133 Å². The predicted octanol–water partition coefficient (Wildman–Crippen LogP) is 12.9. The Kier molecular flexibility index (Phi) is 6.26. The van der Waals surface area contributed by atoms with Crippen molar-refractivity contribution in [2.24, 2.45) is 7.05 Å². The van der Waals surface area contributed by atoms with E-state index in [1.807, 2.05) is 0 Å². The average Bonchev–Trinajstić information content (AvgIpc) is 3.82. The van der Waals surface area contributed by atoms with Crippen LogP contribution in [0.5, 0.6) is 0 Å². The summed E-state index contributed by atoms with van der Waals surface area (Å²) in [5.74, 6) is 0.263. The van der Waals surface area contributed by atoms with E-state index < -0.39 is 0 Å². The fourth-order valence-electron chi connectivity index (χ4n) is 8.96. The third kappa shape index (κ3) is 4.25. The highest BCUT2D eigenvalue weighted by Gasteiger charge is 2.30. The van der Waals surface area contributed by atoms with Gasteiger partial charge in [-0.15, -0.1) is 0 Å². The molecular weight excluding hydrogens is 629 g/mol. The monoisotopic (exact) mass is 662 g/mol. The normalized spacial score (nSPS) is 13.7. The summed E-state index contributed by atoms with van der Waals surface area (Å²) in [5.41, 5.74) is 17.8. The second kappa shape index (κ2) is 11.2. The summed E-state index contributed by atoms with van der Waals surface area (Å²) in [5, 5.41) is 5.10. The van der Waals surface area contributed by atoms with Crippen LogP contribution < -0.4 is 0 Å². The first-order chi connectivity index (χ1) is 25.7. The summed E-state index contributed by atoms with van der Waals surface area (Å²) < 4.78 is 4.74. The van der Waals surface area contributed by atoms with Crippen LogP contribution in [0.3, 0.4) is 0 Å². The summed E-state index contributed by atoms with van der Waals surface area (Å²) in [6.07, 6.45) is 0. The molecule has 0 saturated heterocycles. The molecule has 1 aliphatic carbocycles. The third-order valence-corrected chi connectivity index (χ3v) is 11.4. The third-order valence-electron chi connectivity index (χ3n) is 11.4. The van der Waals surface area contributed by atoms with Crippen LogP contribution in [0.25, 0.3) is 82.7 Å². The molecule has 0 spiro atoms. The van der Waals surface area contributed by atoms with Gasteiger partial charge in [0.2, 0.25) is 0 Å². The van der Waals surface area contributed by atoms with Gasteiger partial charge in [0.1, 0.15) is 0 Å². The Morgan fingerprint density at radius 2 is 0.942 bits per heavy atom. The summed E-state index contributed by atoms with van der Waals surface area (Å²) >= 11 is 0. The number of benzene rings is 8. The van der Waals surface area contributed by atoms with Gasteiger partial charge < -0.3 is 9.13 Å². The lowest BCUT2D eigenvalue weighted by Gasteiger charge is -2.14. The maximum atomic E-state index is 2.41. The number of nitrogens with zero attached hydrogens (tertiary/aromatic N) is 2. The van der Waals surface area contributed by atoms with Gasteiger partial charge in [0.25, 0.3) is 0 Å². The molecule has 1 unspecified atom stereocenters. The van der Waals surface area contributed by atoms with Crippen molar-refractivity contribution in [3.8, 4) is 39.1 Å². The first-order valence-electron chi connectivity index (χ1n) is 18.1. The van der Waals surface area contributed by atoms with E-state index in [0.717, 1.165) is 0 Å². The first-order valence-corrected chi connectivity index (χ1v) is 18.1. The molecule has 8 aromatic carbocycles. The van der Waals surface area contributed by atoms with Gasteiger partial charge in [0.15, 0.2) is 0 Å². The zero-order chi connectivity index (χ0) is 34.3. The Morgan fingerprint density at radius 1 is 0.365 bits per heavy atom. The molecule has 1 aliphatic rings. The number of fused-ring (bicyclic) bond motifs is 9. The van der Waals surface area contributed by atoms with E-state index >= 15 is 0 Å². The fraction of sp³-hybridized carbons (Fsp3) is 0.0400. The smallest absolute Gasteiger partial charge is 0.0547 e. The van der Waals surface area contributed by atoms with Crippen LogP contribution in [0.1, 0.15) is 22.6 Å². The number of hydrogen-bond donors (Lipinski definition) is 0. The Balaban J connectivity index is 1.02. The lowest BCUT2D eigenvalue weighted by molar-refractivity contribution is 1.01. The van der Waals surface area contributed by atoms with Gasteiger partial charge in [-0.3, -0.25) is 0 Å². The van der Waals surface area contributed by atoms with Crippen molar-refractivity contribution in [1.29, 1.82) is 0 Å². The molecule has 0 amide bonds. The molecule has 10 aromatic rings. The van der Waals surface area contributed by atoms with Gasteiger partial charge in [0, 0.05) is 51.2 Å². The maximum absolute atomic E-state index is 2.41. The molecule has 11 rings (SSSR count). The summed E-state index contributed by atoms with van der Waals surface area (Å²) in [6, 6.07) is 67.2.